The highest BCUT2D eigenvalue weighted by atomic mass is 32.2. The lowest BCUT2D eigenvalue weighted by Crippen LogP contribution is -2.16. The van der Waals surface area contributed by atoms with E-state index < -0.39 is 0 Å². The first-order valence-corrected chi connectivity index (χ1v) is 15.3. The van der Waals surface area contributed by atoms with Gasteiger partial charge in [-0.1, -0.05) is 147 Å². The Morgan fingerprint density at radius 3 is 1.88 bits per heavy atom. The molecule has 2 heterocycles. The van der Waals surface area contributed by atoms with Crippen molar-refractivity contribution in [3.8, 4) is 33.6 Å². The van der Waals surface area contributed by atoms with Crippen LogP contribution in [-0.2, 0) is 5.41 Å². The van der Waals surface area contributed by atoms with Crippen LogP contribution in [0.15, 0.2) is 149 Å². The van der Waals surface area contributed by atoms with E-state index >= 15 is 0 Å². The maximum atomic E-state index is 5.32. The molecule has 1 aliphatic heterocycles. The molecule has 1 aliphatic carbocycles. The second kappa shape index (κ2) is 9.72. The van der Waals surface area contributed by atoms with E-state index in [2.05, 4.69) is 153 Å². The van der Waals surface area contributed by atoms with Crippen LogP contribution in [0, 0.1) is 0 Å². The summed E-state index contributed by atoms with van der Waals surface area (Å²) in [5, 5.41) is 0. The predicted molar refractivity (Wildman–Crippen MR) is 176 cm³/mol. The number of benzene rings is 5. The van der Waals surface area contributed by atoms with Crippen molar-refractivity contribution in [3.05, 3.63) is 162 Å². The molecule has 2 aliphatic rings. The summed E-state index contributed by atoms with van der Waals surface area (Å²) in [7, 11) is 0. The molecule has 0 saturated carbocycles. The van der Waals surface area contributed by atoms with Crippen molar-refractivity contribution < 1.29 is 0 Å². The zero-order valence-electron chi connectivity index (χ0n) is 23.6. The summed E-state index contributed by atoms with van der Waals surface area (Å²) in [6, 6.07) is 50.3. The van der Waals surface area contributed by atoms with Crippen LogP contribution in [0.3, 0.4) is 0 Å². The lowest BCUT2D eigenvalue weighted by molar-refractivity contribution is 0.702. The SMILES string of the molecule is CC1(C)C2=C(c3ccccc31)c1cccc(-c3cc(-c4ccccc4)cc(-c4ccccc4)n3)c1Sc1ccccc12. The van der Waals surface area contributed by atoms with Crippen molar-refractivity contribution in [2.24, 2.45) is 0 Å². The Bertz CT molecular complexity index is 1960. The predicted octanol–water partition coefficient (Wildman–Crippen LogP) is 10.8. The van der Waals surface area contributed by atoms with Gasteiger partial charge >= 0.3 is 0 Å². The molecule has 0 radical (unpaired) electrons. The molecule has 0 amide bonds. The molecule has 0 atom stereocenters. The van der Waals surface area contributed by atoms with E-state index in [1.54, 1.807) is 0 Å². The van der Waals surface area contributed by atoms with Gasteiger partial charge in [-0.25, -0.2) is 4.98 Å². The van der Waals surface area contributed by atoms with Crippen molar-refractivity contribution in [1.82, 2.24) is 4.98 Å². The third-order valence-corrected chi connectivity index (χ3v) is 9.90. The maximum absolute atomic E-state index is 5.32. The van der Waals surface area contributed by atoms with Gasteiger partial charge in [0.2, 0.25) is 0 Å². The van der Waals surface area contributed by atoms with Gasteiger partial charge in [-0.3, -0.25) is 0 Å². The van der Waals surface area contributed by atoms with Crippen LogP contribution in [0.2, 0.25) is 0 Å². The zero-order chi connectivity index (χ0) is 28.3. The van der Waals surface area contributed by atoms with Crippen molar-refractivity contribution in [2.45, 2.75) is 29.1 Å². The summed E-state index contributed by atoms with van der Waals surface area (Å²) in [6.07, 6.45) is 0. The minimum Gasteiger partial charge on any atom is -0.248 e. The smallest absolute Gasteiger partial charge is 0.0727 e. The van der Waals surface area contributed by atoms with Crippen LogP contribution < -0.4 is 0 Å². The lowest BCUT2D eigenvalue weighted by atomic mass is 9.78. The fourth-order valence-corrected chi connectivity index (χ4v) is 7.93. The Balaban J connectivity index is 1.42. The van der Waals surface area contributed by atoms with Crippen molar-refractivity contribution >= 4 is 22.9 Å². The van der Waals surface area contributed by atoms with Gasteiger partial charge in [0, 0.05) is 26.3 Å². The number of allylic oxidation sites excluding steroid dienone is 1. The summed E-state index contributed by atoms with van der Waals surface area (Å²) in [5.41, 5.74) is 14.6. The molecular weight excluding hydrogens is 527 g/mol. The monoisotopic (exact) mass is 555 g/mol. The molecule has 200 valence electrons. The van der Waals surface area contributed by atoms with E-state index in [4.69, 9.17) is 4.98 Å². The summed E-state index contributed by atoms with van der Waals surface area (Å²) in [4.78, 5) is 7.88. The highest BCUT2D eigenvalue weighted by Gasteiger charge is 2.41. The quantitative estimate of drug-likeness (QED) is 0.215. The molecule has 0 spiro atoms. The van der Waals surface area contributed by atoms with Crippen LogP contribution in [0.1, 0.15) is 36.1 Å². The molecule has 6 aromatic rings. The third kappa shape index (κ3) is 3.90. The first-order valence-electron chi connectivity index (χ1n) is 14.5. The molecule has 0 fully saturated rings. The van der Waals surface area contributed by atoms with Crippen molar-refractivity contribution in [3.63, 3.8) is 0 Å². The summed E-state index contributed by atoms with van der Waals surface area (Å²) >= 11 is 1.88. The van der Waals surface area contributed by atoms with E-state index in [0.717, 1.165) is 17.0 Å². The number of fused-ring (bicyclic) bond motifs is 6. The van der Waals surface area contributed by atoms with Gasteiger partial charge in [0.05, 0.1) is 11.4 Å². The van der Waals surface area contributed by atoms with E-state index in [1.807, 2.05) is 11.8 Å². The molecule has 1 aromatic heterocycles. The van der Waals surface area contributed by atoms with Gasteiger partial charge in [-0.05, 0) is 62.7 Å². The molecule has 0 saturated heterocycles. The minimum atomic E-state index is -0.105. The Hall–Kier alpha value is -4.66. The molecular formula is C40H29NS. The summed E-state index contributed by atoms with van der Waals surface area (Å²) in [6.45, 7) is 4.75. The Labute approximate surface area is 251 Å². The topological polar surface area (TPSA) is 12.9 Å². The van der Waals surface area contributed by atoms with Crippen molar-refractivity contribution in [2.75, 3.05) is 0 Å². The molecule has 0 N–H and O–H groups in total. The Kier molecular flexibility index (Phi) is 5.80. The van der Waals surface area contributed by atoms with E-state index in [9.17, 15) is 0 Å². The third-order valence-electron chi connectivity index (χ3n) is 8.68. The number of rotatable bonds is 3. The van der Waals surface area contributed by atoms with E-state index in [1.165, 1.54) is 59.9 Å². The molecule has 42 heavy (non-hydrogen) atoms. The first kappa shape index (κ1) is 25.1. The van der Waals surface area contributed by atoms with Crippen LogP contribution in [-0.4, -0.2) is 4.98 Å². The van der Waals surface area contributed by atoms with Gasteiger partial charge in [0.1, 0.15) is 0 Å². The standard InChI is InChI=1S/C40H29NS/c1-40(2)33-22-11-9-18-29(33)37-32-21-13-20-30(39(32)42-36-23-12-10-19-31(36)38(37)40)35-25-28(26-14-5-3-6-15-26)24-34(41-35)27-16-7-4-8-17-27/h3-25H,1-2H3. The van der Waals surface area contributed by atoms with Gasteiger partial charge in [0.15, 0.2) is 0 Å². The molecule has 2 heteroatoms. The Morgan fingerprint density at radius 2 is 1.10 bits per heavy atom. The molecule has 0 bridgehead atoms. The number of pyridine rings is 1. The molecule has 0 unspecified atom stereocenters. The van der Waals surface area contributed by atoms with Crippen LogP contribution in [0.5, 0.6) is 0 Å². The van der Waals surface area contributed by atoms with Crippen LogP contribution in [0.4, 0.5) is 0 Å². The lowest BCUT2D eigenvalue weighted by Gasteiger charge is -2.26. The number of aromatic nitrogens is 1. The van der Waals surface area contributed by atoms with Crippen LogP contribution >= 0.6 is 11.8 Å². The normalized spacial score (nSPS) is 14.4. The van der Waals surface area contributed by atoms with Gasteiger partial charge in [0.25, 0.3) is 0 Å². The first-order chi connectivity index (χ1) is 20.6. The molecule has 5 aromatic carbocycles. The largest absolute Gasteiger partial charge is 0.248 e. The summed E-state index contributed by atoms with van der Waals surface area (Å²) in [5.74, 6) is 0. The van der Waals surface area contributed by atoms with E-state index in [-0.39, 0.29) is 5.41 Å². The highest BCUT2D eigenvalue weighted by molar-refractivity contribution is 7.99. The van der Waals surface area contributed by atoms with E-state index in [0.29, 0.717) is 0 Å². The maximum Gasteiger partial charge on any atom is 0.0727 e. The van der Waals surface area contributed by atoms with Gasteiger partial charge in [-0.2, -0.15) is 0 Å². The second-order valence-electron chi connectivity index (χ2n) is 11.6. The number of nitrogens with zero attached hydrogens (tertiary/aromatic N) is 1. The second-order valence-corrected chi connectivity index (χ2v) is 12.6. The zero-order valence-corrected chi connectivity index (χ0v) is 24.5. The van der Waals surface area contributed by atoms with Gasteiger partial charge in [-0.15, -0.1) is 0 Å². The fourth-order valence-electron chi connectivity index (χ4n) is 6.72. The minimum absolute atomic E-state index is 0.105. The average molecular weight is 556 g/mol. The average Bonchev–Trinajstić information content (AvgIpc) is 3.17. The molecule has 8 rings (SSSR count). The summed E-state index contributed by atoms with van der Waals surface area (Å²) < 4.78 is 0. The number of hydrogen-bond acceptors (Lipinski definition) is 2. The Morgan fingerprint density at radius 1 is 0.500 bits per heavy atom. The highest BCUT2D eigenvalue weighted by Crippen LogP contribution is 2.59. The van der Waals surface area contributed by atoms with Crippen LogP contribution in [0.25, 0.3) is 44.8 Å². The molecule has 1 nitrogen and oxygen atoms in total. The number of hydrogen-bond donors (Lipinski definition) is 0. The van der Waals surface area contributed by atoms with Gasteiger partial charge < -0.3 is 0 Å². The fraction of sp³-hybridized carbons (Fsp3) is 0.0750. The van der Waals surface area contributed by atoms with Crippen molar-refractivity contribution in [1.29, 1.82) is 0 Å².